The van der Waals surface area contributed by atoms with Crippen LogP contribution in [0.25, 0.3) is 0 Å². The lowest BCUT2D eigenvalue weighted by Gasteiger charge is -2.26. The predicted octanol–water partition coefficient (Wildman–Crippen LogP) is 2.14. The molecule has 0 aliphatic heterocycles. The Labute approximate surface area is 142 Å². The molecule has 2 rings (SSSR count). The summed E-state index contributed by atoms with van der Waals surface area (Å²) in [4.78, 5) is 12.8. The summed E-state index contributed by atoms with van der Waals surface area (Å²) in [6.45, 7) is 3.49. The van der Waals surface area contributed by atoms with Crippen LogP contribution in [0.4, 0.5) is 0 Å². The molecule has 2 atom stereocenters. The molecule has 0 aliphatic rings. The predicted molar refractivity (Wildman–Crippen MR) is 94.1 cm³/mol. The Bertz CT molecular complexity index is 813. The number of benzene rings is 2. The molecule has 0 aromatic heterocycles. The first kappa shape index (κ1) is 18.2. The number of hydrogen-bond donors (Lipinski definition) is 2. The highest BCUT2D eigenvalue weighted by molar-refractivity contribution is 7.90. The molecule has 6 heteroatoms. The van der Waals surface area contributed by atoms with Crippen molar-refractivity contribution in [1.29, 1.82) is 0 Å². The largest absolute Gasteiger partial charge is 0.348 e. The summed E-state index contributed by atoms with van der Waals surface area (Å²) in [5.74, 6) is -0.298. The molecule has 3 N–H and O–H groups in total. The molecule has 0 spiro atoms. The zero-order chi connectivity index (χ0) is 18.0. The van der Waals surface area contributed by atoms with Crippen molar-refractivity contribution < 1.29 is 13.2 Å². The first-order valence-electron chi connectivity index (χ1n) is 7.58. The van der Waals surface area contributed by atoms with E-state index in [2.05, 4.69) is 5.32 Å². The van der Waals surface area contributed by atoms with Gasteiger partial charge in [0.05, 0.1) is 10.9 Å². The van der Waals surface area contributed by atoms with Gasteiger partial charge in [-0.25, -0.2) is 8.42 Å². The van der Waals surface area contributed by atoms with Crippen LogP contribution in [0, 0.1) is 0 Å². The molecule has 0 aliphatic carbocycles. The molecule has 0 radical (unpaired) electrons. The number of amides is 1. The van der Waals surface area contributed by atoms with Gasteiger partial charge >= 0.3 is 0 Å². The maximum Gasteiger partial charge on any atom is 0.244 e. The Kier molecular flexibility index (Phi) is 5.11. The van der Waals surface area contributed by atoms with Crippen molar-refractivity contribution in [3.63, 3.8) is 0 Å². The van der Waals surface area contributed by atoms with Crippen LogP contribution in [0.3, 0.4) is 0 Å². The van der Waals surface area contributed by atoms with Crippen LogP contribution in [0.2, 0.25) is 0 Å². The van der Waals surface area contributed by atoms with Crippen LogP contribution >= 0.6 is 0 Å². The van der Waals surface area contributed by atoms with Crippen LogP contribution in [0.15, 0.2) is 59.5 Å². The fourth-order valence-electron chi connectivity index (χ4n) is 2.35. The first-order valence-corrected chi connectivity index (χ1v) is 9.47. The van der Waals surface area contributed by atoms with Crippen molar-refractivity contribution in [2.75, 3.05) is 6.26 Å². The minimum absolute atomic E-state index is 0.248. The van der Waals surface area contributed by atoms with Gasteiger partial charge in [0, 0.05) is 6.26 Å². The van der Waals surface area contributed by atoms with E-state index < -0.39 is 15.4 Å². The van der Waals surface area contributed by atoms with Crippen molar-refractivity contribution in [3.8, 4) is 0 Å². The third kappa shape index (κ3) is 4.01. The summed E-state index contributed by atoms with van der Waals surface area (Å²) >= 11 is 0. The van der Waals surface area contributed by atoms with E-state index in [1.165, 1.54) is 12.1 Å². The Balaban J connectivity index is 2.14. The number of nitrogens with one attached hydrogen (secondary N) is 1. The highest BCUT2D eigenvalue weighted by Gasteiger charge is 2.31. The lowest BCUT2D eigenvalue weighted by Crippen LogP contribution is -2.49. The van der Waals surface area contributed by atoms with Crippen molar-refractivity contribution in [3.05, 3.63) is 65.7 Å². The Morgan fingerprint density at radius 2 is 1.62 bits per heavy atom. The van der Waals surface area contributed by atoms with Crippen LogP contribution in [-0.2, 0) is 20.2 Å². The normalized spacial score (nSPS) is 15.3. The molecular formula is C18H22N2O3S. The summed E-state index contributed by atoms with van der Waals surface area (Å²) in [7, 11) is -3.23. The SMILES string of the molecule is CC(NC(=O)C(C)(N)c1ccccc1)c1ccc(S(C)(=O)=O)cc1. The first-order chi connectivity index (χ1) is 11.1. The number of nitrogens with two attached hydrogens (primary N) is 1. The van der Waals surface area contributed by atoms with Crippen molar-refractivity contribution in [2.24, 2.45) is 5.73 Å². The van der Waals surface area contributed by atoms with E-state index in [9.17, 15) is 13.2 Å². The van der Waals surface area contributed by atoms with E-state index in [0.29, 0.717) is 0 Å². The fraction of sp³-hybridized carbons (Fsp3) is 0.278. The van der Waals surface area contributed by atoms with Crippen molar-refractivity contribution in [2.45, 2.75) is 30.3 Å². The van der Waals surface area contributed by atoms with E-state index >= 15 is 0 Å². The minimum atomic E-state index is -3.23. The van der Waals surface area contributed by atoms with Crippen molar-refractivity contribution >= 4 is 15.7 Å². The summed E-state index contributed by atoms with van der Waals surface area (Å²) in [5.41, 5.74) is 6.58. The Hall–Kier alpha value is -2.18. The highest BCUT2D eigenvalue weighted by Crippen LogP contribution is 2.21. The van der Waals surface area contributed by atoms with Gasteiger partial charge in [0.2, 0.25) is 5.91 Å². The molecular weight excluding hydrogens is 324 g/mol. The lowest BCUT2D eigenvalue weighted by molar-refractivity contribution is -0.126. The molecule has 128 valence electrons. The number of sulfone groups is 1. The molecule has 2 aromatic rings. The minimum Gasteiger partial charge on any atom is -0.348 e. The summed E-state index contributed by atoms with van der Waals surface area (Å²) < 4.78 is 23.0. The van der Waals surface area contributed by atoms with E-state index in [-0.39, 0.29) is 16.8 Å². The van der Waals surface area contributed by atoms with Gasteiger partial charge in [-0.05, 0) is 37.1 Å². The molecule has 1 amide bonds. The topological polar surface area (TPSA) is 89.3 Å². The number of carbonyl (C=O) groups excluding carboxylic acids is 1. The number of carbonyl (C=O) groups is 1. The van der Waals surface area contributed by atoms with Crippen LogP contribution < -0.4 is 11.1 Å². The molecule has 0 bridgehead atoms. The van der Waals surface area contributed by atoms with Gasteiger partial charge in [-0.2, -0.15) is 0 Å². The summed E-state index contributed by atoms with van der Waals surface area (Å²) in [6.07, 6.45) is 1.16. The number of rotatable bonds is 5. The third-order valence-corrected chi connectivity index (χ3v) is 5.13. The van der Waals surface area contributed by atoms with Crippen LogP contribution in [-0.4, -0.2) is 20.6 Å². The second-order valence-corrected chi connectivity index (χ2v) is 8.12. The number of hydrogen-bond acceptors (Lipinski definition) is 4. The van der Waals surface area contributed by atoms with Gasteiger partial charge in [-0.3, -0.25) is 4.79 Å². The molecule has 2 aromatic carbocycles. The molecule has 0 fully saturated rings. The lowest BCUT2D eigenvalue weighted by atomic mass is 9.91. The second kappa shape index (κ2) is 6.75. The van der Waals surface area contributed by atoms with Gasteiger partial charge in [0.1, 0.15) is 5.54 Å². The maximum absolute atomic E-state index is 12.5. The van der Waals surface area contributed by atoms with E-state index in [1.54, 1.807) is 19.1 Å². The molecule has 24 heavy (non-hydrogen) atoms. The molecule has 0 saturated heterocycles. The van der Waals surface area contributed by atoms with Gasteiger partial charge < -0.3 is 11.1 Å². The Morgan fingerprint density at radius 3 is 2.12 bits per heavy atom. The maximum atomic E-state index is 12.5. The highest BCUT2D eigenvalue weighted by atomic mass is 32.2. The fourth-order valence-corrected chi connectivity index (χ4v) is 2.98. The van der Waals surface area contributed by atoms with Gasteiger partial charge in [-0.15, -0.1) is 0 Å². The van der Waals surface area contributed by atoms with Gasteiger partial charge in [0.15, 0.2) is 9.84 Å². The van der Waals surface area contributed by atoms with E-state index in [0.717, 1.165) is 17.4 Å². The smallest absolute Gasteiger partial charge is 0.244 e. The zero-order valence-electron chi connectivity index (χ0n) is 14.0. The average molecular weight is 346 g/mol. The zero-order valence-corrected chi connectivity index (χ0v) is 14.8. The van der Waals surface area contributed by atoms with E-state index in [4.69, 9.17) is 5.73 Å². The monoisotopic (exact) mass is 346 g/mol. The molecule has 0 saturated carbocycles. The van der Waals surface area contributed by atoms with E-state index in [1.807, 2.05) is 37.3 Å². The van der Waals surface area contributed by atoms with Gasteiger partial charge in [0.25, 0.3) is 0 Å². The summed E-state index contributed by atoms with van der Waals surface area (Å²) in [6, 6.07) is 15.3. The average Bonchev–Trinajstić information content (AvgIpc) is 2.54. The van der Waals surface area contributed by atoms with Crippen molar-refractivity contribution in [1.82, 2.24) is 5.32 Å². The van der Waals surface area contributed by atoms with Crippen LogP contribution in [0.1, 0.15) is 31.0 Å². The quantitative estimate of drug-likeness (QED) is 0.868. The third-order valence-electron chi connectivity index (χ3n) is 4.00. The summed E-state index contributed by atoms with van der Waals surface area (Å²) in [5, 5.41) is 2.88. The molecule has 0 heterocycles. The standard InChI is InChI=1S/C18H22N2O3S/c1-13(14-9-11-16(12-10-14)24(3,22)23)20-17(21)18(2,19)15-7-5-4-6-8-15/h4-13H,19H2,1-3H3,(H,20,21). The second-order valence-electron chi connectivity index (χ2n) is 6.10. The van der Waals surface area contributed by atoms with Crippen LogP contribution in [0.5, 0.6) is 0 Å². The molecule has 5 nitrogen and oxygen atoms in total. The van der Waals surface area contributed by atoms with Gasteiger partial charge in [-0.1, -0.05) is 42.5 Å². The Morgan fingerprint density at radius 1 is 1.08 bits per heavy atom. The molecule has 2 unspecified atom stereocenters.